The number of carbonyl (C=O) groups is 2. The molecule has 0 spiro atoms. The van der Waals surface area contributed by atoms with Crippen LogP contribution in [0.2, 0.25) is 0 Å². The molecule has 1 atom stereocenters. The number of nitrogens with one attached hydrogen (secondary N) is 1. The molecule has 1 aromatic rings. The van der Waals surface area contributed by atoms with Crippen molar-refractivity contribution in [1.82, 2.24) is 0 Å². The molecule has 5 heteroatoms. The van der Waals surface area contributed by atoms with Crippen molar-refractivity contribution in [3.8, 4) is 0 Å². The van der Waals surface area contributed by atoms with Crippen LogP contribution in [-0.4, -0.2) is 17.4 Å². The molecule has 0 fully saturated rings. The number of anilines is 1. The minimum Gasteiger partial charge on any atom is -0.379 e. The van der Waals surface area contributed by atoms with Gasteiger partial charge in [-0.1, -0.05) is 18.2 Å². The van der Waals surface area contributed by atoms with Gasteiger partial charge < -0.3 is 10.1 Å². The molecule has 4 nitrogen and oxygen atoms in total. The fourth-order valence-corrected chi connectivity index (χ4v) is 1.09. The van der Waals surface area contributed by atoms with Crippen LogP contribution in [0.15, 0.2) is 30.3 Å². The molecule has 1 N–H and O–H groups in total. The SMILES string of the molecule is C[C@H](Nc1ccccc1)C(=O)OC(=O)Cl. The highest BCUT2D eigenvalue weighted by Gasteiger charge is 2.16. The summed E-state index contributed by atoms with van der Waals surface area (Å²) in [4.78, 5) is 21.5. The van der Waals surface area contributed by atoms with E-state index >= 15 is 0 Å². The second-order valence-corrected chi connectivity index (χ2v) is 3.20. The fourth-order valence-electron chi connectivity index (χ4n) is 1.01. The molecule has 80 valence electrons. The molecule has 0 heterocycles. The van der Waals surface area contributed by atoms with Crippen molar-refractivity contribution in [2.24, 2.45) is 0 Å². The lowest BCUT2D eigenvalue weighted by Crippen LogP contribution is -2.28. The van der Waals surface area contributed by atoms with Crippen LogP contribution in [0.3, 0.4) is 0 Å². The van der Waals surface area contributed by atoms with E-state index in [2.05, 4.69) is 10.1 Å². The lowest BCUT2D eigenvalue weighted by Gasteiger charge is -2.12. The first kappa shape index (κ1) is 11.5. The second kappa shape index (κ2) is 5.36. The van der Waals surface area contributed by atoms with Crippen molar-refractivity contribution in [2.45, 2.75) is 13.0 Å². The number of para-hydroxylation sites is 1. The van der Waals surface area contributed by atoms with E-state index in [9.17, 15) is 9.59 Å². The summed E-state index contributed by atoms with van der Waals surface area (Å²) in [7, 11) is 0. The van der Waals surface area contributed by atoms with Crippen molar-refractivity contribution >= 4 is 28.7 Å². The van der Waals surface area contributed by atoms with Crippen LogP contribution in [0, 0.1) is 0 Å². The van der Waals surface area contributed by atoms with Gasteiger partial charge in [0.2, 0.25) is 0 Å². The Morgan fingerprint density at radius 1 is 1.33 bits per heavy atom. The predicted molar refractivity (Wildman–Crippen MR) is 56.9 cm³/mol. The molecule has 1 rings (SSSR count). The van der Waals surface area contributed by atoms with Gasteiger partial charge in [0.25, 0.3) is 0 Å². The third-order valence-corrected chi connectivity index (χ3v) is 1.77. The number of halogens is 1. The normalized spacial score (nSPS) is 11.6. The van der Waals surface area contributed by atoms with Gasteiger partial charge in [0.1, 0.15) is 6.04 Å². The molecule has 0 bridgehead atoms. The van der Waals surface area contributed by atoms with E-state index in [1.807, 2.05) is 18.2 Å². The number of esters is 1. The van der Waals surface area contributed by atoms with Crippen molar-refractivity contribution in [1.29, 1.82) is 0 Å². The lowest BCUT2D eigenvalue weighted by atomic mass is 10.3. The largest absolute Gasteiger partial charge is 0.411 e. The third kappa shape index (κ3) is 3.99. The first-order valence-electron chi connectivity index (χ1n) is 4.32. The quantitative estimate of drug-likeness (QED) is 0.489. The van der Waals surface area contributed by atoms with Gasteiger partial charge in [0, 0.05) is 17.3 Å². The first-order valence-corrected chi connectivity index (χ1v) is 4.70. The van der Waals surface area contributed by atoms with Crippen LogP contribution >= 0.6 is 11.6 Å². The Bertz CT molecular complexity index is 353. The summed E-state index contributed by atoms with van der Waals surface area (Å²) in [6.07, 6.45) is 0. The molecule has 15 heavy (non-hydrogen) atoms. The van der Waals surface area contributed by atoms with Crippen molar-refractivity contribution in [2.75, 3.05) is 5.32 Å². The van der Waals surface area contributed by atoms with Gasteiger partial charge in [0.05, 0.1) is 0 Å². The predicted octanol–water partition coefficient (Wildman–Crippen LogP) is 2.39. The third-order valence-electron chi connectivity index (χ3n) is 1.69. The van der Waals surface area contributed by atoms with Crippen LogP contribution in [-0.2, 0) is 9.53 Å². The van der Waals surface area contributed by atoms with Gasteiger partial charge in [-0.05, 0) is 19.1 Å². The van der Waals surface area contributed by atoms with E-state index in [0.29, 0.717) is 0 Å². The van der Waals surface area contributed by atoms with E-state index in [0.717, 1.165) is 5.69 Å². The molecule has 0 radical (unpaired) electrons. The average Bonchev–Trinajstić information content (AvgIpc) is 2.18. The number of ether oxygens (including phenoxy) is 1. The van der Waals surface area contributed by atoms with Crippen molar-refractivity contribution in [3.63, 3.8) is 0 Å². The van der Waals surface area contributed by atoms with E-state index < -0.39 is 17.4 Å². The number of rotatable bonds is 3. The summed E-state index contributed by atoms with van der Waals surface area (Å²) >= 11 is 4.91. The topological polar surface area (TPSA) is 55.4 Å². The van der Waals surface area contributed by atoms with Crippen LogP contribution in [0.1, 0.15) is 6.92 Å². The summed E-state index contributed by atoms with van der Waals surface area (Å²) < 4.78 is 4.21. The Morgan fingerprint density at radius 3 is 2.47 bits per heavy atom. The van der Waals surface area contributed by atoms with Crippen LogP contribution < -0.4 is 5.32 Å². The zero-order chi connectivity index (χ0) is 11.3. The van der Waals surface area contributed by atoms with E-state index in [4.69, 9.17) is 11.6 Å². The zero-order valence-corrected chi connectivity index (χ0v) is 8.82. The fraction of sp³-hybridized carbons (Fsp3) is 0.200. The molecule has 0 saturated heterocycles. The van der Waals surface area contributed by atoms with Crippen LogP contribution in [0.25, 0.3) is 0 Å². The van der Waals surface area contributed by atoms with E-state index in [1.54, 1.807) is 19.1 Å². The van der Waals surface area contributed by atoms with Crippen molar-refractivity contribution in [3.05, 3.63) is 30.3 Å². The monoisotopic (exact) mass is 227 g/mol. The van der Waals surface area contributed by atoms with Gasteiger partial charge in [-0.2, -0.15) is 0 Å². The van der Waals surface area contributed by atoms with Gasteiger partial charge >= 0.3 is 11.4 Å². The van der Waals surface area contributed by atoms with Gasteiger partial charge in [-0.3, -0.25) is 0 Å². The summed E-state index contributed by atoms with van der Waals surface area (Å²) in [5.74, 6) is -0.709. The summed E-state index contributed by atoms with van der Waals surface area (Å²) in [6.45, 7) is 1.58. The summed E-state index contributed by atoms with van der Waals surface area (Å²) in [5.41, 5.74) is -0.356. The smallest absolute Gasteiger partial charge is 0.379 e. The minimum absolute atomic E-state index is 0.630. The number of carbonyl (C=O) groups excluding carboxylic acids is 2. The maximum Gasteiger partial charge on any atom is 0.411 e. The molecule has 0 amide bonds. The Labute approximate surface area is 92.2 Å². The highest BCUT2D eigenvalue weighted by molar-refractivity contribution is 6.61. The molecule has 0 aliphatic carbocycles. The van der Waals surface area contributed by atoms with E-state index in [1.165, 1.54) is 0 Å². The number of hydrogen-bond acceptors (Lipinski definition) is 4. The van der Waals surface area contributed by atoms with Crippen LogP contribution in [0.4, 0.5) is 10.5 Å². The van der Waals surface area contributed by atoms with Gasteiger partial charge in [0.15, 0.2) is 0 Å². The maximum absolute atomic E-state index is 11.2. The standard InChI is InChI=1S/C10H10ClNO3/c1-7(9(13)15-10(11)14)12-8-5-3-2-4-6-8/h2-7,12H,1H3/t7-/m0/s1. The Kier molecular flexibility index (Phi) is 4.12. The van der Waals surface area contributed by atoms with Gasteiger partial charge in [-0.15, -0.1) is 0 Å². The Hall–Kier alpha value is -1.55. The first-order chi connectivity index (χ1) is 7.09. The highest BCUT2D eigenvalue weighted by Crippen LogP contribution is 2.07. The zero-order valence-electron chi connectivity index (χ0n) is 8.07. The molecule has 0 saturated carbocycles. The molecule has 0 aliphatic heterocycles. The van der Waals surface area contributed by atoms with E-state index in [-0.39, 0.29) is 0 Å². The molecule has 1 aromatic carbocycles. The second-order valence-electron chi connectivity index (χ2n) is 2.89. The summed E-state index contributed by atoms with van der Waals surface area (Å²) in [6, 6.07) is 8.48. The molecule has 0 unspecified atom stereocenters. The Morgan fingerprint density at radius 2 is 1.93 bits per heavy atom. The summed E-state index contributed by atoms with van der Waals surface area (Å²) in [5, 5.41) is 2.86. The highest BCUT2D eigenvalue weighted by atomic mass is 35.5. The lowest BCUT2D eigenvalue weighted by molar-refractivity contribution is -0.136. The average molecular weight is 228 g/mol. The minimum atomic E-state index is -1.12. The molecular weight excluding hydrogens is 218 g/mol. The Balaban J connectivity index is 2.52. The molecule has 0 aromatic heterocycles. The maximum atomic E-state index is 11.2. The number of hydrogen-bond donors (Lipinski definition) is 1. The van der Waals surface area contributed by atoms with Crippen LogP contribution in [0.5, 0.6) is 0 Å². The van der Waals surface area contributed by atoms with Gasteiger partial charge in [-0.25, -0.2) is 9.59 Å². The molecular formula is C10H10ClNO3. The van der Waals surface area contributed by atoms with Crippen molar-refractivity contribution < 1.29 is 14.3 Å². The molecule has 0 aliphatic rings. The number of benzene rings is 1.